The highest BCUT2D eigenvalue weighted by Gasteiger charge is 2.05. The molecule has 0 heterocycles. The lowest BCUT2D eigenvalue weighted by Crippen LogP contribution is -2.35. The molecule has 0 aliphatic carbocycles. The van der Waals surface area contributed by atoms with Crippen LogP contribution in [0.4, 0.5) is 0 Å². The Labute approximate surface area is 132 Å². The van der Waals surface area contributed by atoms with Crippen LogP contribution >= 0.6 is 12.4 Å². The minimum absolute atomic E-state index is 0. The normalized spacial score (nSPS) is 11.2. The van der Waals surface area contributed by atoms with Gasteiger partial charge in [0.25, 0.3) is 5.91 Å². The zero-order chi connectivity index (χ0) is 15.0. The maximum atomic E-state index is 11.8. The van der Waals surface area contributed by atoms with Gasteiger partial charge in [0.1, 0.15) is 0 Å². The van der Waals surface area contributed by atoms with Gasteiger partial charge in [0.2, 0.25) is 5.91 Å². The number of hydrogen-bond donors (Lipinski definition) is 3. The summed E-state index contributed by atoms with van der Waals surface area (Å²) in [5.74, 6) is -0.165. The Morgan fingerprint density at radius 1 is 1.14 bits per heavy atom. The van der Waals surface area contributed by atoms with Gasteiger partial charge in [-0.15, -0.1) is 12.4 Å². The van der Waals surface area contributed by atoms with Crippen molar-refractivity contribution in [1.82, 2.24) is 10.6 Å². The third kappa shape index (κ3) is 8.32. The Morgan fingerprint density at radius 3 is 2.29 bits per heavy atom. The van der Waals surface area contributed by atoms with E-state index >= 15 is 0 Å². The van der Waals surface area contributed by atoms with Gasteiger partial charge in [-0.05, 0) is 32.4 Å². The average Bonchev–Trinajstić information content (AvgIpc) is 2.42. The Kier molecular flexibility index (Phi) is 9.41. The summed E-state index contributed by atoms with van der Waals surface area (Å²) < 4.78 is 0. The van der Waals surface area contributed by atoms with Gasteiger partial charge >= 0.3 is 0 Å². The van der Waals surface area contributed by atoms with Crippen LogP contribution in [-0.4, -0.2) is 30.9 Å². The Balaban J connectivity index is 0.00000400. The molecule has 4 N–H and O–H groups in total. The zero-order valence-corrected chi connectivity index (χ0v) is 13.3. The van der Waals surface area contributed by atoms with Crippen LogP contribution in [0.25, 0.3) is 0 Å². The van der Waals surface area contributed by atoms with Gasteiger partial charge < -0.3 is 16.4 Å². The minimum Gasteiger partial charge on any atom is -0.354 e. The fourth-order valence-electron chi connectivity index (χ4n) is 1.63. The largest absolute Gasteiger partial charge is 0.354 e. The number of hydrogen-bond acceptors (Lipinski definition) is 3. The molecule has 0 aliphatic rings. The van der Waals surface area contributed by atoms with Crippen LogP contribution in [0.2, 0.25) is 0 Å². The summed E-state index contributed by atoms with van der Waals surface area (Å²) in [7, 11) is 0. The number of carbonyl (C=O) groups excluding carboxylic acids is 2. The van der Waals surface area contributed by atoms with Crippen molar-refractivity contribution in [2.45, 2.75) is 32.7 Å². The molecule has 1 atom stereocenters. The molecule has 1 unspecified atom stereocenters. The Morgan fingerprint density at radius 2 is 1.71 bits per heavy atom. The van der Waals surface area contributed by atoms with E-state index in [0.29, 0.717) is 31.5 Å². The van der Waals surface area contributed by atoms with E-state index in [1.165, 1.54) is 0 Å². The topological polar surface area (TPSA) is 84.2 Å². The molecule has 21 heavy (non-hydrogen) atoms. The summed E-state index contributed by atoms with van der Waals surface area (Å²) in [5, 5.41) is 5.51. The van der Waals surface area contributed by atoms with E-state index in [4.69, 9.17) is 5.73 Å². The second-order valence-corrected chi connectivity index (χ2v) is 4.99. The number of nitrogens with two attached hydrogens (primary N) is 1. The van der Waals surface area contributed by atoms with E-state index in [-0.39, 0.29) is 30.3 Å². The number of halogens is 1. The van der Waals surface area contributed by atoms with Crippen LogP contribution in [0.5, 0.6) is 0 Å². The molecule has 0 aliphatic heterocycles. The van der Waals surface area contributed by atoms with Crippen molar-refractivity contribution >= 4 is 24.2 Å². The predicted molar refractivity (Wildman–Crippen MR) is 86.7 cm³/mol. The van der Waals surface area contributed by atoms with Crippen molar-refractivity contribution in [1.29, 1.82) is 0 Å². The molecule has 0 radical (unpaired) electrons. The molecule has 2 amide bonds. The summed E-state index contributed by atoms with van der Waals surface area (Å²) in [5.41, 5.74) is 7.31. The van der Waals surface area contributed by atoms with Crippen molar-refractivity contribution in [3.8, 4) is 0 Å². The molecular formula is C15H24ClN3O2. The predicted octanol–water partition coefficient (Wildman–Crippen LogP) is 1.39. The maximum Gasteiger partial charge on any atom is 0.251 e. The highest BCUT2D eigenvalue weighted by atomic mass is 35.5. The second-order valence-electron chi connectivity index (χ2n) is 4.99. The van der Waals surface area contributed by atoms with Gasteiger partial charge in [-0.25, -0.2) is 0 Å². The van der Waals surface area contributed by atoms with Gasteiger partial charge in [0, 0.05) is 31.1 Å². The second kappa shape index (κ2) is 10.2. The minimum atomic E-state index is -0.130. The zero-order valence-electron chi connectivity index (χ0n) is 12.5. The lowest BCUT2D eigenvalue weighted by atomic mass is 10.1. The smallest absolute Gasteiger partial charge is 0.251 e. The molecule has 1 rings (SSSR count). The molecule has 1 aromatic rings. The Hall–Kier alpha value is -1.59. The van der Waals surface area contributed by atoms with Gasteiger partial charge in [-0.3, -0.25) is 9.59 Å². The lowest BCUT2D eigenvalue weighted by Gasteiger charge is -2.08. The number of aryl methyl sites for hydroxylation is 1. The number of carbonyl (C=O) groups is 2. The van der Waals surface area contributed by atoms with Gasteiger partial charge in [-0.2, -0.15) is 0 Å². The molecule has 0 bridgehead atoms. The van der Waals surface area contributed by atoms with Crippen molar-refractivity contribution in [3.05, 3.63) is 35.4 Å². The third-order valence-corrected chi connectivity index (χ3v) is 2.87. The van der Waals surface area contributed by atoms with Crippen molar-refractivity contribution in [2.75, 3.05) is 13.1 Å². The maximum absolute atomic E-state index is 11.8. The SMILES string of the molecule is Cc1ccc(C(=O)NCCNC(=O)CCC(C)N)cc1.Cl. The molecular weight excluding hydrogens is 290 g/mol. The van der Waals surface area contributed by atoms with Gasteiger partial charge in [-0.1, -0.05) is 17.7 Å². The summed E-state index contributed by atoms with van der Waals surface area (Å²) in [6, 6.07) is 7.38. The molecule has 6 heteroatoms. The van der Waals surface area contributed by atoms with Crippen LogP contribution in [0.15, 0.2) is 24.3 Å². The molecule has 0 spiro atoms. The van der Waals surface area contributed by atoms with Crippen LogP contribution < -0.4 is 16.4 Å². The number of rotatable bonds is 7. The third-order valence-electron chi connectivity index (χ3n) is 2.87. The summed E-state index contributed by atoms with van der Waals surface area (Å²) in [6.45, 7) is 4.68. The van der Waals surface area contributed by atoms with E-state index in [1.807, 2.05) is 26.0 Å². The lowest BCUT2D eigenvalue weighted by molar-refractivity contribution is -0.121. The van der Waals surface area contributed by atoms with E-state index in [9.17, 15) is 9.59 Å². The van der Waals surface area contributed by atoms with Gasteiger partial charge in [0.15, 0.2) is 0 Å². The number of amides is 2. The fraction of sp³-hybridized carbons (Fsp3) is 0.467. The quantitative estimate of drug-likeness (QED) is 0.665. The molecule has 0 fully saturated rings. The fourth-order valence-corrected chi connectivity index (χ4v) is 1.63. The van der Waals surface area contributed by atoms with Crippen LogP contribution in [0, 0.1) is 6.92 Å². The first-order valence-corrected chi connectivity index (χ1v) is 6.86. The summed E-state index contributed by atoms with van der Waals surface area (Å²) in [6.07, 6.45) is 1.09. The standard InChI is InChI=1S/C15H23N3O2.ClH/c1-11-3-6-13(7-4-11)15(20)18-10-9-17-14(19)8-5-12(2)16;/h3-4,6-7,12H,5,8-10,16H2,1-2H3,(H,17,19)(H,18,20);1H. The first kappa shape index (κ1) is 19.4. The highest BCUT2D eigenvalue weighted by Crippen LogP contribution is 2.02. The average molecular weight is 314 g/mol. The van der Waals surface area contributed by atoms with E-state index in [1.54, 1.807) is 12.1 Å². The van der Waals surface area contributed by atoms with Crippen molar-refractivity contribution in [3.63, 3.8) is 0 Å². The first-order valence-electron chi connectivity index (χ1n) is 6.86. The van der Waals surface area contributed by atoms with Crippen LogP contribution in [-0.2, 0) is 4.79 Å². The van der Waals surface area contributed by atoms with E-state index in [0.717, 1.165) is 5.56 Å². The monoisotopic (exact) mass is 313 g/mol. The summed E-state index contributed by atoms with van der Waals surface area (Å²) >= 11 is 0. The number of nitrogens with one attached hydrogen (secondary N) is 2. The molecule has 0 aromatic heterocycles. The van der Waals surface area contributed by atoms with E-state index < -0.39 is 0 Å². The Bertz CT molecular complexity index is 447. The molecule has 1 aromatic carbocycles. The van der Waals surface area contributed by atoms with Crippen LogP contribution in [0.3, 0.4) is 0 Å². The number of benzene rings is 1. The summed E-state index contributed by atoms with van der Waals surface area (Å²) in [4.78, 5) is 23.2. The first-order chi connectivity index (χ1) is 9.49. The highest BCUT2D eigenvalue weighted by molar-refractivity contribution is 5.94. The van der Waals surface area contributed by atoms with Crippen molar-refractivity contribution in [2.24, 2.45) is 5.73 Å². The van der Waals surface area contributed by atoms with Crippen LogP contribution in [0.1, 0.15) is 35.7 Å². The molecule has 0 saturated heterocycles. The molecule has 5 nitrogen and oxygen atoms in total. The molecule has 118 valence electrons. The van der Waals surface area contributed by atoms with Crippen molar-refractivity contribution < 1.29 is 9.59 Å². The van der Waals surface area contributed by atoms with Gasteiger partial charge in [0.05, 0.1) is 0 Å². The van der Waals surface area contributed by atoms with E-state index in [2.05, 4.69) is 10.6 Å². The molecule has 0 saturated carbocycles.